The van der Waals surface area contributed by atoms with Gasteiger partial charge in [-0.1, -0.05) is 54.1 Å². The Morgan fingerprint density at radius 2 is 1.65 bits per heavy atom. The Labute approximate surface area is 227 Å². The predicted octanol–water partition coefficient (Wildman–Crippen LogP) is 4.49. The zero-order chi connectivity index (χ0) is 28.6. The van der Waals surface area contributed by atoms with Gasteiger partial charge in [0.15, 0.2) is 5.75 Å². The number of nitro benzene ring substituents is 1. The maximum atomic E-state index is 13.5. The minimum Gasteiger partial charge on any atom is -0.378 e. The lowest BCUT2D eigenvalue weighted by Gasteiger charge is -2.26. The quantitative estimate of drug-likeness (QED) is 0.120. The van der Waals surface area contributed by atoms with E-state index in [-0.39, 0.29) is 27.6 Å². The number of benzene rings is 4. The van der Waals surface area contributed by atoms with Crippen LogP contribution >= 0.6 is 0 Å². The molecule has 0 aromatic heterocycles. The van der Waals surface area contributed by atoms with Crippen molar-refractivity contribution < 1.29 is 31.9 Å². The molecule has 0 saturated carbocycles. The second kappa shape index (κ2) is 10.1. The highest BCUT2D eigenvalue weighted by molar-refractivity contribution is 7.87. The van der Waals surface area contributed by atoms with Crippen molar-refractivity contribution in [1.82, 2.24) is 5.32 Å². The van der Waals surface area contributed by atoms with E-state index in [1.54, 1.807) is 49.4 Å². The van der Waals surface area contributed by atoms with Gasteiger partial charge < -0.3 is 4.18 Å². The lowest BCUT2D eigenvalue weighted by molar-refractivity contribution is -0.384. The van der Waals surface area contributed by atoms with Gasteiger partial charge >= 0.3 is 16.1 Å². The summed E-state index contributed by atoms with van der Waals surface area (Å²) in [5.41, 5.74) is -0.0709. The molecule has 1 saturated heterocycles. The Bertz CT molecular complexity index is 1860. The van der Waals surface area contributed by atoms with Gasteiger partial charge in [-0.05, 0) is 48.0 Å². The van der Waals surface area contributed by atoms with E-state index in [9.17, 15) is 32.9 Å². The normalized spacial score (nSPS) is 14.9. The lowest BCUT2D eigenvalue weighted by atomic mass is 10.00. The van der Waals surface area contributed by atoms with Gasteiger partial charge in [-0.3, -0.25) is 25.0 Å². The van der Waals surface area contributed by atoms with Crippen molar-refractivity contribution in [2.24, 2.45) is 0 Å². The molecule has 40 heavy (non-hydrogen) atoms. The lowest BCUT2D eigenvalue weighted by Crippen LogP contribution is -2.54. The minimum atomic E-state index is -4.31. The van der Waals surface area contributed by atoms with Gasteiger partial charge in [0, 0.05) is 17.7 Å². The monoisotopic (exact) mass is 557 g/mol. The molecule has 1 heterocycles. The summed E-state index contributed by atoms with van der Waals surface area (Å²) in [5.74, 6) is -2.25. The fraction of sp³-hybridized carbons (Fsp3) is 0.0357. The summed E-state index contributed by atoms with van der Waals surface area (Å²) in [6.07, 6.45) is 1.14. The number of anilines is 1. The maximum Gasteiger partial charge on any atom is 0.339 e. The SMILES string of the molecule is Cc1ccc(S(=O)(=O)Oc2ccc3ccccc3c2/C=C2\C(=O)NC(=O)N(c3cccc([N+](=O)[O-])c3)C2=O)cc1. The van der Waals surface area contributed by atoms with Gasteiger partial charge in [-0.15, -0.1) is 0 Å². The van der Waals surface area contributed by atoms with Crippen LogP contribution in [0.3, 0.4) is 0 Å². The second-order valence-electron chi connectivity index (χ2n) is 8.78. The first-order valence-corrected chi connectivity index (χ1v) is 13.1. The van der Waals surface area contributed by atoms with Crippen LogP contribution in [0.1, 0.15) is 11.1 Å². The number of rotatable bonds is 6. The molecule has 1 aliphatic heterocycles. The van der Waals surface area contributed by atoms with Gasteiger partial charge in [-0.25, -0.2) is 9.69 Å². The van der Waals surface area contributed by atoms with Gasteiger partial charge in [0.2, 0.25) is 0 Å². The summed E-state index contributed by atoms with van der Waals surface area (Å²) in [5, 5.41) is 14.4. The zero-order valence-corrected chi connectivity index (χ0v) is 21.5. The summed E-state index contributed by atoms with van der Waals surface area (Å²) in [6, 6.07) is 19.6. The van der Waals surface area contributed by atoms with Crippen LogP contribution in [-0.4, -0.2) is 31.2 Å². The second-order valence-corrected chi connectivity index (χ2v) is 10.3. The molecule has 5 rings (SSSR count). The summed E-state index contributed by atoms with van der Waals surface area (Å²) < 4.78 is 31.7. The molecule has 1 fully saturated rings. The van der Waals surface area contributed by atoms with Crippen molar-refractivity contribution in [2.75, 3.05) is 4.90 Å². The summed E-state index contributed by atoms with van der Waals surface area (Å²) in [7, 11) is -4.31. The maximum absolute atomic E-state index is 13.5. The number of urea groups is 1. The first-order chi connectivity index (χ1) is 19.0. The number of nitrogens with one attached hydrogen (secondary N) is 1. The number of aryl methyl sites for hydroxylation is 1. The molecule has 0 unspecified atom stereocenters. The van der Waals surface area contributed by atoms with E-state index in [0.717, 1.165) is 17.7 Å². The smallest absolute Gasteiger partial charge is 0.339 e. The molecule has 11 nitrogen and oxygen atoms in total. The molecule has 0 radical (unpaired) electrons. The highest BCUT2D eigenvalue weighted by Gasteiger charge is 2.37. The standard InChI is InChI=1S/C28H19N3O8S/c1-17-9-12-21(13-10-17)40(37,38)39-25-14-11-18-5-2-3-8-22(18)23(25)16-24-26(32)29-28(34)30(27(24)33)19-6-4-7-20(15-19)31(35)36/h2-16H,1H3,(H,29,32,34)/b24-16+. The molecule has 200 valence electrons. The first kappa shape index (κ1) is 26.3. The third kappa shape index (κ3) is 4.90. The fourth-order valence-corrected chi connectivity index (χ4v) is 5.10. The van der Waals surface area contributed by atoms with Gasteiger partial charge in [0.1, 0.15) is 10.5 Å². The van der Waals surface area contributed by atoms with Crippen LogP contribution < -0.4 is 14.4 Å². The van der Waals surface area contributed by atoms with E-state index in [1.165, 1.54) is 36.4 Å². The Morgan fingerprint density at radius 1 is 0.925 bits per heavy atom. The van der Waals surface area contributed by atoms with Crippen LogP contribution in [-0.2, 0) is 19.7 Å². The molecule has 1 N–H and O–H groups in total. The number of nitrogens with zero attached hydrogens (tertiary/aromatic N) is 2. The minimum absolute atomic E-state index is 0.0978. The molecule has 0 spiro atoms. The van der Waals surface area contributed by atoms with E-state index in [0.29, 0.717) is 15.7 Å². The molecule has 12 heteroatoms. The van der Waals surface area contributed by atoms with Crippen LogP contribution in [0.2, 0.25) is 0 Å². The van der Waals surface area contributed by atoms with Crippen molar-refractivity contribution in [3.63, 3.8) is 0 Å². The van der Waals surface area contributed by atoms with Crippen LogP contribution in [0.15, 0.2) is 95.4 Å². The topological polar surface area (TPSA) is 153 Å². The number of hydrogen-bond donors (Lipinski definition) is 1. The number of fused-ring (bicyclic) bond motifs is 1. The average Bonchev–Trinajstić information content (AvgIpc) is 2.92. The molecule has 1 aliphatic rings. The number of carbonyl (C=O) groups is 3. The number of carbonyl (C=O) groups excluding carboxylic acids is 3. The van der Waals surface area contributed by atoms with Crippen molar-refractivity contribution in [2.45, 2.75) is 11.8 Å². The van der Waals surface area contributed by atoms with Gasteiger partial charge in [0.25, 0.3) is 17.5 Å². The average molecular weight is 558 g/mol. The molecule has 0 atom stereocenters. The molecular formula is C28H19N3O8S. The molecule has 4 aromatic rings. The number of non-ortho nitro benzene ring substituents is 1. The highest BCUT2D eigenvalue weighted by Crippen LogP contribution is 2.34. The fourth-order valence-electron chi connectivity index (χ4n) is 4.15. The van der Waals surface area contributed by atoms with Crippen molar-refractivity contribution in [3.8, 4) is 5.75 Å². The highest BCUT2D eigenvalue weighted by atomic mass is 32.2. The zero-order valence-electron chi connectivity index (χ0n) is 20.7. The Hall–Kier alpha value is -5.36. The number of hydrogen-bond acceptors (Lipinski definition) is 8. The number of barbiturate groups is 1. The first-order valence-electron chi connectivity index (χ1n) is 11.7. The largest absolute Gasteiger partial charge is 0.378 e. The summed E-state index contributed by atoms with van der Waals surface area (Å²) in [4.78, 5) is 50.0. The molecule has 4 aromatic carbocycles. The third-order valence-electron chi connectivity index (χ3n) is 6.13. The number of imide groups is 2. The van der Waals surface area contributed by atoms with Crippen LogP contribution in [0.4, 0.5) is 16.2 Å². The van der Waals surface area contributed by atoms with E-state index in [1.807, 2.05) is 0 Å². The van der Waals surface area contributed by atoms with Crippen LogP contribution in [0, 0.1) is 17.0 Å². The van der Waals surface area contributed by atoms with Crippen LogP contribution in [0.5, 0.6) is 5.75 Å². The molecule has 0 bridgehead atoms. The van der Waals surface area contributed by atoms with E-state index < -0.39 is 38.5 Å². The molecule has 0 aliphatic carbocycles. The van der Waals surface area contributed by atoms with Gasteiger partial charge in [-0.2, -0.15) is 8.42 Å². The molecular weight excluding hydrogens is 538 g/mol. The Kier molecular flexibility index (Phi) is 6.61. The summed E-state index contributed by atoms with van der Waals surface area (Å²) in [6.45, 7) is 1.80. The predicted molar refractivity (Wildman–Crippen MR) is 145 cm³/mol. The van der Waals surface area contributed by atoms with E-state index in [4.69, 9.17) is 4.18 Å². The Morgan fingerprint density at radius 3 is 2.38 bits per heavy atom. The van der Waals surface area contributed by atoms with Gasteiger partial charge in [0.05, 0.1) is 10.6 Å². The Balaban J connectivity index is 1.64. The van der Waals surface area contributed by atoms with Crippen molar-refractivity contribution >= 4 is 56.2 Å². The van der Waals surface area contributed by atoms with E-state index >= 15 is 0 Å². The number of amides is 4. The third-order valence-corrected chi connectivity index (χ3v) is 7.38. The van der Waals surface area contributed by atoms with Crippen molar-refractivity contribution in [1.29, 1.82) is 0 Å². The van der Waals surface area contributed by atoms with Crippen LogP contribution in [0.25, 0.3) is 16.8 Å². The number of nitro groups is 1. The summed E-state index contributed by atoms with van der Waals surface area (Å²) >= 11 is 0. The van der Waals surface area contributed by atoms with Crippen molar-refractivity contribution in [3.05, 3.63) is 112 Å². The van der Waals surface area contributed by atoms with E-state index in [2.05, 4.69) is 5.32 Å². The molecule has 4 amide bonds.